The Morgan fingerprint density at radius 1 is 1.00 bits per heavy atom. The molecule has 1 aromatic carbocycles. The zero-order valence-corrected chi connectivity index (χ0v) is 10.1. The van der Waals surface area contributed by atoms with E-state index in [0.29, 0.717) is 32.4 Å². The van der Waals surface area contributed by atoms with Crippen LogP contribution in [0.5, 0.6) is 0 Å². The molecule has 0 aliphatic heterocycles. The van der Waals surface area contributed by atoms with E-state index in [-0.39, 0.29) is 12.1 Å². The number of ether oxygens (including phenoxy) is 2. The van der Waals surface area contributed by atoms with Crippen LogP contribution >= 0.6 is 0 Å². The summed E-state index contributed by atoms with van der Waals surface area (Å²) in [4.78, 5) is 0. The van der Waals surface area contributed by atoms with Gasteiger partial charge in [-0.05, 0) is 6.07 Å². The number of methoxy groups -OCH3 is 1. The predicted molar refractivity (Wildman–Crippen MR) is 60.7 cm³/mol. The lowest BCUT2D eigenvalue weighted by Crippen LogP contribution is -2.21. The maximum Gasteiger partial charge on any atom is 0.161 e. The van der Waals surface area contributed by atoms with Gasteiger partial charge in [-0.15, -0.1) is 0 Å². The van der Waals surface area contributed by atoms with Crippen molar-refractivity contribution in [1.29, 1.82) is 0 Å². The van der Waals surface area contributed by atoms with Crippen LogP contribution in [-0.4, -0.2) is 33.5 Å². The zero-order valence-electron chi connectivity index (χ0n) is 10.1. The van der Waals surface area contributed by atoms with Crippen LogP contribution < -0.4 is 5.32 Å². The molecule has 0 aliphatic carbocycles. The summed E-state index contributed by atoms with van der Waals surface area (Å²) in [7, 11) is 1.58. The monoisotopic (exact) mass is 263 g/mol. The second-order valence-corrected chi connectivity index (χ2v) is 3.64. The lowest BCUT2D eigenvalue weighted by atomic mass is 10.2. The van der Waals surface area contributed by atoms with Gasteiger partial charge in [0.1, 0.15) is 5.82 Å². The summed E-state index contributed by atoms with van der Waals surface area (Å²) in [6.45, 7) is 2.04. The number of hydrogen-bond donors (Lipinski definition) is 1. The number of rotatable bonds is 8. The Morgan fingerprint density at radius 3 is 2.44 bits per heavy atom. The molecule has 0 unspecified atom stereocenters. The standard InChI is InChI=1S/C12H16F3NO2/c1-17-4-5-18-3-2-16-8-9-6-11(14)12(15)7-10(9)13/h6-7,16H,2-5,8H2,1H3. The van der Waals surface area contributed by atoms with Crippen molar-refractivity contribution in [1.82, 2.24) is 5.32 Å². The van der Waals surface area contributed by atoms with Crippen LogP contribution in [0.1, 0.15) is 5.56 Å². The van der Waals surface area contributed by atoms with Gasteiger partial charge in [-0.3, -0.25) is 0 Å². The average Bonchev–Trinajstić information content (AvgIpc) is 2.34. The Labute approximate surface area is 104 Å². The van der Waals surface area contributed by atoms with Gasteiger partial charge in [0.05, 0.1) is 19.8 Å². The fourth-order valence-corrected chi connectivity index (χ4v) is 1.31. The summed E-state index contributed by atoms with van der Waals surface area (Å²) in [6.07, 6.45) is 0. The number of nitrogens with one attached hydrogen (secondary N) is 1. The third-order valence-electron chi connectivity index (χ3n) is 2.26. The summed E-state index contributed by atoms with van der Waals surface area (Å²) >= 11 is 0. The van der Waals surface area contributed by atoms with Gasteiger partial charge < -0.3 is 14.8 Å². The molecule has 0 atom stereocenters. The number of halogens is 3. The lowest BCUT2D eigenvalue weighted by molar-refractivity contribution is 0.0719. The minimum atomic E-state index is -1.18. The Balaban J connectivity index is 2.25. The van der Waals surface area contributed by atoms with Crippen LogP contribution in [0.25, 0.3) is 0 Å². The highest BCUT2D eigenvalue weighted by Crippen LogP contribution is 2.13. The summed E-state index contributed by atoms with van der Waals surface area (Å²) in [5.74, 6) is -3.00. The van der Waals surface area contributed by atoms with Gasteiger partial charge in [0.15, 0.2) is 11.6 Å². The number of benzene rings is 1. The Kier molecular flexibility index (Phi) is 6.70. The summed E-state index contributed by atoms with van der Waals surface area (Å²) in [5.41, 5.74) is 0.0887. The molecule has 0 spiro atoms. The fourth-order valence-electron chi connectivity index (χ4n) is 1.31. The predicted octanol–water partition coefficient (Wildman–Crippen LogP) is 1.86. The molecule has 0 saturated heterocycles. The van der Waals surface area contributed by atoms with Gasteiger partial charge in [-0.2, -0.15) is 0 Å². The van der Waals surface area contributed by atoms with Crippen molar-refractivity contribution in [2.24, 2.45) is 0 Å². The van der Waals surface area contributed by atoms with Crippen LogP contribution in [0.2, 0.25) is 0 Å². The molecule has 0 aromatic heterocycles. The first-order valence-electron chi connectivity index (χ1n) is 5.56. The second kappa shape index (κ2) is 8.07. The van der Waals surface area contributed by atoms with E-state index in [1.807, 2.05) is 0 Å². The van der Waals surface area contributed by atoms with Gasteiger partial charge in [0, 0.05) is 31.8 Å². The van der Waals surface area contributed by atoms with Crippen molar-refractivity contribution in [3.63, 3.8) is 0 Å². The molecule has 0 heterocycles. The second-order valence-electron chi connectivity index (χ2n) is 3.64. The van der Waals surface area contributed by atoms with Gasteiger partial charge in [0.25, 0.3) is 0 Å². The molecular weight excluding hydrogens is 247 g/mol. The van der Waals surface area contributed by atoms with Crippen LogP contribution in [0.3, 0.4) is 0 Å². The normalized spacial score (nSPS) is 10.9. The molecule has 1 rings (SSSR count). The molecule has 1 aromatic rings. The third kappa shape index (κ3) is 5.03. The maximum absolute atomic E-state index is 13.2. The van der Waals surface area contributed by atoms with Gasteiger partial charge >= 0.3 is 0 Å². The molecule has 0 amide bonds. The first-order chi connectivity index (χ1) is 8.65. The van der Waals surface area contributed by atoms with Crippen LogP contribution in [0, 0.1) is 17.5 Å². The topological polar surface area (TPSA) is 30.5 Å². The first-order valence-corrected chi connectivity index (χ1v) is 5.56. The molecule has 0 aliphatic rings. The first kappa shape index (κ1) is 14.9. The zero-order chi connectivity index (χ0) is 13.4. The highest BCUT2D eigenvalue weighted by atomic mass is 19.2. The largest absolute Gasteiger partial charge is 0.382 e. The van der Waals surface area contributed by atoms with Crippen LogP contribution in [0.15, 0.2) is 12.1 Å². The molecule has 0 bridgehead atoms. The molecule has 0 fully saturated rings. The summed E-state index contributed by atoms with van der Waals surface area (Å²) in [5, 5.41) is 2.87. The van der Waals surface area contributed by atoms with Crippen molar-refractivity contribution in [3.8, 4) is 0 Å². The van der Waals surface area contributed by atoms with Gasteiger partial charge in [-0.1, -0.05) is 0 Å². The average molecular weight is 263 g/mol. The van der Waals surface area contributed by atoms with Crippen LogP contribution in [-0.2, 0) is 16.0 Å². The summed E-state index contributed by atoms with van der Waals surface area (Å²) in [6, 6.07) is 1.39. The van der Waals surface area contributed by atoms with E-state index in [4.69, 9.17) is 9.47 Å². The molecule has 18 heavy (non-hydrogen) atoms. The van der Waals surface area contributed by atoms with Crippen LogP contribution in [0.4, 0.5) is 13.2 Å². The van der Waals surface area contributed by atoms with E-state index in [0.717, 1.165) is 6.07 Å². The van der Waals surface area contributed by atoms with Crippen molar-refractivity contribution < 1.29 is 22.6 Å². The lowest BCUT2D eigenvalue weighted by Gasteiger charge is -2.07. The quantitative estimate of drug-likeness (QED) is 0.573. The molecule has 0 saturated carbocycles. The fraction of sp³-hybridized carbons (Fsp3) is 0.500. The van der Waals surface area contributed by atoms with E-state index in [1.165, 1.54) is 0 Å². The minimum Gasteiger partial charge on any atom is -0.382 e. The SMILES string of the molecule is COCCOCCNCc1cc(F)c(F)cc1F. The van der Waals surface area contributed by atoms with E-state index in [2.05, 4.69) is 5.32 Å². The molecule has 6 heteroatoms. The van der Waals surface area contributed by atoms with Gasteiger partial charge in [0.2, 0.25) is 0 Å². The molecular formula is C12H16F3NO2. The molecule has 0 radical (unpaired) electrons. The van der Waals surface area contributed by atoms with E-state index < -0.39 is 17.5 Å². The van der Waals surface area contributed by atoms with E-state index in [9.17, 15) is 13.2 Å². The Bertz CT molecular complexity index is 375. The molecule has 3 nitrogen and oxygen atoms in total. The van der Waals surface area contributed by atoms with Gasteiger partial charge in [-0.25, -0.2) is 13.2 Å². The third-order valence-corrected chi connectivity index (χ3v) is 2.26. The van der Waals surface area contributed by atoms with Crippen molar-refractivity contribution in [2.75, 3.05) is 33.5 Å². The molecule has 102 valence electrons. The van der Waals surface area contributed by atoms with E-state index >= 15 is 0 Å². The Morgan fingerprint density at radius 2 is 1.72 bits per heavy atom. The molecule has 1 N–H and O–H groups in total. The minimum absolute atomic E-state index is 0.0887. The highest BCUT2D eigenvalue weighted by Gasteiger charge is 2.08. The van der Waals surface area contributed by atoms with Crippen molar-refractivity contribution >= 4 is 0 Å². The summed E-state index contributed by atoms with van der Waals surface area (Å²) < 4.78 is 48.7. The Hall–Kier alpha value is -1.11. The van der Waals surface area contributed by atoms with E-state index in [1.54, 1.807) is 7.11 Å². The van der Waals surface area contributed by atoms with Crippen molar-refractivity contribution in [3.05, 3.63) is 35.1 Å². The van der Waals surface area contributed by atoms with Crippen molar-refractivity contribution in [2.45, 2.75) is 6.54 Å². The smallest absolute Gasteiger partial charge is 0.161 e. The number of hydrogen-bond acceptors (Lipinski definition) is 3. The highest BCUT2D eigenvalue weighted by molar-refractivity contribution is 5.19. The maximum atomic E-state index is 13.2.